The fourth-order valence-electron chi connectivity index (χ4n) is 4.43. The van der Waals surface area contributed by atoms with E-state index in [9.17, 15) is 10.1 Å². The number of anilines is 2. The molecule has 0 aliphatic carbocycles. The molecule has 4 aromatic rings. The summed E-state index contributed by atoms with van der Waals surface area (Å²) in [5.41, 5.74) is 4.97. The Morgan fingerprint density at radius 1 is 0.771 bits per heavy atom. The number of rotatable bonds is 5. The molecule has 0 spiro atoms. The maximum atomic E-state index is 11.3. The zero-order valence-electron chi connectivity index (χ0n) is 18.6. The predicted octanol–water partition coefficient (Wildman–Crippen LogP) is 5.45. The molecule has 0 bridgehead atoms. The molecule has 6 rings (SSSR count). The Balaban J connectivity index is 1.50. The second-order valence-electron chi connectivity index (χ2n) is 8.20. The van der Waals surface area contributed by atoms with E-state index < -0.39 is 14.9 Å². The SMILES string of the molecule is O=[N+]([O-])c1ccc(C2N(c3ccccc3)OC3C(c4ccccc4)=NN(c4ccccc4)[As]32)cc1. The molecule has 4 aromatic carbocycles. The van der Waals surface area contributed by atoms with Crippen molar-refractivity contribution in [3.05, 3.63) is 137 Å². The molecule has 0 amide bonds. The molecule has 8 heteroatoms. The van der Waals surface area contributed by atoms with E-state index in [0.29, 0.717) is 0 Å². The molecular weight excluding hydrogens is 503 g/mol. The first-order chi connectivity index (χ1) is 17.2. The minimum absolute atomic E-state index is 0.0746. The van der Waals surface area contributed by atoms with Crippen molar-refractivity contribution >= 4 is 37.7 Å². The van der Waals surface area contributed by atoms with Crippen LogP contribution in [0.25, 0.3) is 0 Å². The van der Waals surface area contributed by atoms with E-state index in [4.69, 9.17) is 9.94 Å². The van der Waals surface area contributed by atoms with E-state index in [0.717, 1.165) is 28.2 Å². The third-order valence-corrected chi connectivity index (χ3v) is 11.5. The van der Waals surface area contributed by atoms with Gasteiger partial charge in [-0.05, 0) is 0 Å². The zero-order chi connectivity index (χ0) is 23.8. The summed E-state index contributed by atoms with van der Waals surface area (Å²) in [7, 11) is 0. The number of hydroxylamine groups is 1. The maximum absolute atomic E-state index is 11.3. The van der Waals surface area contributed by atoms with Gasteiger partial charge >= 0.3 is 208 Å². The Morgan fingerprint density at radius 3 is 1.94 bits per heavy atom. The van der Waals surface area contributed by atoms with Gasteiger partial charge in [0.25, 0.3) is 0 Å². The molecule has 2 aliphatic rings. The number of benzene rings is 4. The average Bonchev–Trinajstić information content (AvgIpc) is 3.48. The van der Waals surface area contributed by atoms with Crippen molar-refractivity contribution in [1.82, 2.24) is 0 Å². The van der Waals surface area contributed by atoms with Crippen LogP contribution in [0.15, 0.2) is 120 Å². The molecule has 172 valence electrons. The summed E-state index contributed by atoms with van der Waals surface area (Å²) in [5, 5.41) is 18.4. The number of hydrazone groups is 1. The van der Waals surface area contributed by atoms with Crippen LogP contribution < -0.4 is 8.99 Å². The summed E-state index contributed by atoms with van der Waals surface area (Å²) >= 11 is -2.15. The van der Waals surface area contributed by atoms with E-state index in [2.05, 4.69) is 28.2 Å². The summed E-state index contributed by atoms with van der Waals surface area (Å²) in [6.45, 7) is 0. The van der Waals surface area contributed by atoms with Crippen molar-refractivity contribution in [2.45, 2.75) is 9.72 Å². The van der Waals surface area contributed by atoms with Gasteiger partial charge in [-0.25, -0.2) is 0 Å². The topological polar surface area (TPSA) is 71.2 Å². The molecule has 0 saturated carbocycles. The van der Waals surface area contributed by atoms with Gasteiger partial charge in [-0.15, -0.1) is 0 Å². The Hall–Kier alpha value is -3.93. The van der Waals surface area contributed by atoms with Crippen LogP contribution in [0.5, 0.6) is 0 Å². The summed E-state index contributed by atoms with van der Waals surface area (Å²) in [5.74, 6) is 0. The van der Waals surface area contributed by atoms with Crippen LogP contribution >= 0.6 is 0 Å². The van der Waals surface area contributed by atoms with Gasteiger partial charge in [-0.2, -0.15) is 0 Å². The Morgan fingerprint density at radius 2 is 1.34 bits per heavy atom. The molecule has 3 unspecified atom stereocenters. The first-order valence-corrected chi connectivity index (χ1v) is 14.2. The summed E-state index contributed by atoms with van der Waals surface area (Å²) < 4.78 is 2.18. The van der Waals surface area contributed by atoms with Gasteiger partial charge in [-0.1, -0.05) is 0 Å². The second-order valence-corrected chi connectivity index (χ2v) is 12.6. The number of para-hydroxylation sites is 2. The number of hydrogen-bond donors (Lipinski definition) is 0. The number of nitro benzene ring substituents is 1. The molecule has 35 heavy (non-hydrogen) atoms. The van der Waals surface area contributed by atoms with Gasteiger partial charge in [0.2, 0.25) is 0 Å². The molecule has 2 aliphatic heterocycles. The van der Waals surface area contributed by atoms with Crippen molar-refractivity contribution in [3.8, 4) is 0 Å². The minimum atomic E-state index is -2.15. The fraction of sp³-hybridized carbons (Fsp3) is 0.0741. The van der Waals surface area contributed by atoms with Crippen molar-refractivity contribution < 1.29 is 9.76 Å². The van der Waals surface area contributed by atoms with Gasteiger partial charge < -0.3 is 0 Å². The zero-order valence-corrected chi connectivity index (χ0v) is 20.5. The van der Waals surface area contributed by atoms with Crippen LogP contribution in [-0.4, -0.2) is 30.4 Å². The molecule has 3 atom stereocenters. The molecule has 1 saturated heterocycles. The van der Waals surface area contributed by atoms with Crippen LogP contribution in [-0.2, 0) is 4.84 Å². The van der Waals surface area contributed by atoms with E-state index >= 15 is 0 Å². The van der Waals surface area contributed by atoms with Gasteiger partial charge in [0.15, 0.2) is 0 Å². The van der Waals surface area contributed by atoms with Gasteiger partial charge in [0.05, 0.1) is 0 Å². The molecule has 1 fully saturated rings. The summed E-state index contributed by atoms with van der Waals surface area (Å²) in [4.78, 5) is 17.4. The van der Waals surface area contributed by atoms with Crippen molar-refractivity contribution in [3.63, 3.8) is 0 Å². The van der Waals surface area contributed by atoms with E-state index in [1.165, 1.54) is 0 Å². The molecule has 0 aromatic heterocycles. The number of non-ortho nitro benzene ring substituents is 1. The second kappa shape index (κ2) is 9.02. The summed E-state index contributed by atoms with van der Waals surface area (Å²) in [6.07, 6.45) is 0. The molecular formula is C27H21AsN4O3. The average molecular weight is 524 g/mol. The third-order valence-electron chi connectivity index (χ3n) is 6.05. The standard InChI is InChI=1S/C27H21AsN4O3/c33-32(34)24-18-16-21(17-19-24)26-28-27(35-30(26)22-12-6-2-7-13-22)25(20-10-4-1-5-11-20)29-31(28)23-14-8-3-9-15-23/h1-19,26-27H. The van der Waals surface area contributed by atoms with Gasteiger partial charge in [-0.3, -0.25) is 0 Å². The normalized spacial score (nSPS) is 21.0. The van der Waals surface area contributed by atoms with Crippen LogP contribution in [0.2, 0.25) is 0 Å². The number of hydrogen-bond acceptors (Lipinski definition) is 6. The van der Waals surface area contributed by atoms with Crippen LogP contribution in [0.1, 0.15) is 16.0 Å². The van der Waals surface area contributed by atoms with Crippen molar-refractivity contribution in [2.75, 3.05) is 8.99 Å². The molecule has 0 N–H and O–H groups in total. The van der Waals surface area contributed by atoms with Crippen molar-refractivity contribution in [2.24, 2.45) is 5.10 Å². The number of nitro groups is 1. The molecule has 2 heterocycles. The quantitative estimate of drug-likeness (QED) is 0.197. The van der Waals surface area contributed by atoms with Gasteiger partial charge in [0.1, 0.15) is 0 Å². The Labute approximate surface area is 207 Å². The summed E-state index contributed by atoms with van der Waals surface area (Å²) in [6, 6.07) is 37.2. The Bertz CT molecular complexity index is 1370. The Kier molecular flexibility index (Phi) is 5.57. The number of fused-ring (bicyclic) bond motifs is 1. The van der Waals surface area contributed by atoms with Gasteiger partial charge in [0, 0.05) is 0 Å². The monoisotopic (exact) mass is 524 g/mol. The van der Waals surface area contributed by atoms with Crippen molar-refractivity contribution in [1.29, 1.82) is 0 Å². The van der Waals surface area contributed by atoms with Crippen LogP contribution in [0, 0.1) is 10.1 Å². The van der Waals surface area contributed by atoms with E-state index in [-0.39, 0.29) is 20.3 Å². The first-order valence-electron chi connectivity index (χ1n) is 11.2. The first kappa shape index (κ1) is 21.6. The third kappa shape index (κ3) is 3.89. The predicted molar refractivity (Wildman–Crippen MR) is 137 cm³/mol. The number of nitrogens with zero attached hydrogens (tertiary/aromatic N) is 4. The van der Waals surface area contributed by atoms with Crippen LogP contribution in [0.3, 0.4) is 0 Å². The fourth-order valence-corrected chi connectivity index (χ4v) is 10.3. The van der Waals surface area contributed by atoms with E-state index in [1.807, 2.05) is 83.9 Å². The molecule has 0 radical (unpaired) electrons. The van der Waals surface area contributed by atoms with Crippen LogP contribution in [0.4, 0.5) is 17.1 Å². The molecule has 7 nitrogen and oxygen atoms in total. The van der Waals surface area contributed by atoms with E-state index in [1.54, 1.807) is 12.1 Å².